The quantitative estimate of drug-likeness (QED) is 0.556. The Morgan fingerprint density at radius 2 is 1.89 bits per heavy atom. The van der Waals surface area contributed by atoms with Gasteiger partial charge in [0.05, 0.1) is 0 Å². The SMILES string of the molecule is C=N[C@@]12CCC3C4CC(=C(C)C)[C@H](N)C4(C)CCC3C1(C)CCC(=O)N2C. The van der Waals surface area contributed by atoms with E-state index in [2.05, 4.69) is 39.4 Å². The van der Waals surface area contributed by atoms with Crippen LogP contribution >= 0.6 is 0 Å². The molecule has 4 heteroatoms. The highest BCUT2D eigenvalue weighted by Crippen LogP contribution is 2.68. The van der Waals surface area contributed by atoms with Gasteiger partial charge in [-0.05, 0) is 82.3 Å². The fourth-order valence-electron chi connectivity index (χ4n) is 7.87. The lowest BCUT2D eigenvalue weighted by Gasteiger charge is -2.65. The monoisotopic (exact) mass is 371 g/mol. The van der Waals surface area contributed by atoms with Crippen LogP contribution in [0.3, 0.4) is 0 Å². The molecule has 7 atom stereocenters. The molecule has 4 fully saturated rings. The first kappa shape index (κ1) is 19.2. The number of fused-ring (bicyclic) bond motifs is 5. The minimum atomic E-state index is -0.419. The Morgan fingerprint density at radius 1 is 1.19 bits per heavy atom. The number of hydrogen-bond donors (Lipinski definition) is 1. The molecule has 27 heavy (non-hydrogen) atoms. The van der Waals surface area contributed by atoms with E-state index in [1.165, 1.54) is 30.4 Å². The summed E-state index contributed by atoms with van der Waals surface area (Å²) in [5.41, 5.74) is 9.56. The standard InChI is InChI=1S/C23H37N3O/c1-14(2)16-13-18-15-7-12-23(25-5)22(4,11-9-19(27)26(23)6)17(15)8-10-21(18,3)20(16)24/h15,17-18,20H,5,7-13,24H2,1-4,6H3/t15?,17?,18?,20-,21?,22?,23+/m0/s1. The van der Waals surface area contributed by atoms with Crippen LogP contribution < -0.4 is 5.73 Å². The average Bonchev–Trinajstić information content (AvgIpc) is 2.91. The summed E-state index contributed by atoms with van der Waals surface area (Å²) in [5, 5.41) is 0. The maximum Gasteiger partial charge on any atom is 0.224 e. The van der Waals surface area contributed by atoms with Gasteiger partial charge in [0.1, 0.15) is 5.66 Å². The Hall–Kier alpha value is -1.16. The minimum absolute atomic E-state index is 0.0273. The Morgan fingerprint density at radius 3 is 2.52 bits per heavy atom. The topological polar surface area (TPSA) is 58.7 Å². The van der Waals surface area contributed by atoms with Gasteiger partial charge in [0.25, 0.3) is 0 Å². The summed E-state index contributed by atoms with van der Waals surface area (Å²) < 4.78 is 0. The van der Waals surface area contributed by atoms with Crippen LogP contribution in [-0.2, 0) is 4.79 Å². The molecule has 1 amide bonds. The lowest BCUT2D eigenvalue weighted by atomic mass is 9.45. The summed E-state index contributed by atoms with van der Waals surface area (Å²) in [6.45, 7) is 13.3. The third-order valence-corrected chi connectivity index (χ3v) is 9.65. The van der Waals surface area contributed by atoms with E-state index in [1.54, 1.807) is 0 Å². The molecule has 150 valence electrons. The van der Waals surface area contributed by atoms with Gasteiger partial charge in [0.15, 0.2) is 0 Å². The molecule has 1 saturated heterocycles. The smallest absolute Gasteiger partial charge is 0.224 e. The second-order valence-electron chi connectivity index (χ2n) is 10.5. The lowest BCUT2D eigenvalue weighted by Crippen LogP contribution is -2.68. The van der Waals surface area contributed by atoms with Crippen molar-refractivity contribution < 1.29 is 4.79 Å². The molecule has 0 aromatic rings. The van der Waals surface area contributed by atoms with Crippen LogP contribution in [0.2, 0.25) is 0 Å². The van der Waals surface area contributed by atoms with Gasteiger partial charge >= 0.3 is 0 Å². The van der Waals surface area contributed by atoms with Crippen molar-refractivity contribution in [2.24, 2.45) is 39.3 Å². The average molecular weight is 372 g/mol. The second kappa shape index (κ2) is 5.92. The fraction of sp³-hybridized carbons (Fsp3) is 0.826. The number of hydrogen-bond acceptors (Lipinski definition) is 3. The van der Waals surface area contributed by atoms with Crippen LogP contribution in [0.25, 0.3) is 0 Å². The number of piperidine rings is 1. The summed E-state index contributed by atoms with van der Waals surface area (Å²) in [4.78, 5) is 19.1. The Bertz CT molecular complexity index is 710. The molecular formula is C23H37N3O. The van der Waals surface area contributed by atoms with E-state index < -0.39 is 5.66 Å². The number of amides is 1. The van der Waals surface area contributed by atoms with Gasteiger partial charge in [0, 0.05) is 24.9 Å². The van der Waals surface area contributed by atoms with Crippen molar-refractivity contribution in [2.75, 3.05) is 7.05 Å². The van der Waals surface area contributed by atoms with Crippen LogP contribution in [0, 0.1) is 28.6 Å². The molecule has 4 aliphatic rings. The second-order valence-corrected chi connectivity index (χ2v) is 10.5. The van der Waals surface area contributed by atoms with Crippen molar-refractivity contribution in [2.45, 2.75) is 84.3 Å². The van der Waals surface area contributed by atoms with E-state index in [1.807, 2.05) is 11.9 Å². The maximum absolute atomic E-state index is 12.5. The van der Waals surface area contributed by atoms with Crippen molar-refractivity contribution >= 4 is 12.6 Å². The van der Waals surface area contributed by atoms with E-state index in [9.17, 15) is 4.79 Å². The molecule has 1 heterocycles. The Balaban J connectivity index is 1.75. The molecule has 0 aromatic heterocycles. The van der Waals surface area contributed by atoms with Gasteiger partial charge < -0.3 is 10.6 Å². The van der Waals surface area contributed by atoms with Crippen LogP contribution in [0.5, 0.6) is 0 Å². The molecule has 0 aromatic carbocycles. The van der Waals surface area contributed by atoms with Crippen LogP contribution in [0.4, 0.5) is 0 Å². The van der Waals surface area contributed by atoms with Crippen molar-refractivity contribution in [3.8, 4) is 0 Å². The molecule has 3 saturated carbocycles. The first-order valence-electron chi connectivity index (χ1n) is 10.8. The van der Waals surface area contributed by atoms with Gasteiger partial charge in [-0.15, -0.1) is 0 Å². The summed E-state index contributed by atoms with van der Waals surface area (Å²) in [6.07, 6.45) is 7.24. The third kappa shape index (κ3) is 2.19. The number of allylic oxidation sites excluding steroid dienone is 1. The molecule has 5 unspecified atom stereocenters. The normalized spacial score (nSPS) is 49.3. The molecule has 4 rings (SSSR count). The number of nitrogens with zero attached hydrogens (tertiary/aromatic N) is 2. The number of nitrogens with two attached hydrogens (primary N) is 1. The number of carbonyl (C=O) groups is 1. The summed E-state index contributed by atoms with van der Waals surface area (Å²) >= 11 is 0. The molecule has 1 aliphatic heterocycles. The van der Waals surface area contributed by atoms with Crippen molar-refractivity contribution in [1.82, 2.24) is 4.90 Å². The third-order valence-electron chi connectivity index (χ3n) is 9.65. The predicted molar refractivity (Wildman–Crippen MR) is 110 cm³/mol. The van der Waals surface area contributed by atoms with E-state index in [-0.39, 0.29) is 22.8 Å². The summed E-state index contributed by atoms with van der Waals surface area (Å²) in [5.74, 6) is 2.19. The predicted octanol–water partition coefficient (Wildman–Crippen LogP) is 4.15. The van der Waals surface area contributed by atoms with Gasteiger partial charge in [-0.2, -0.15) is 0 Å². The summed E-state index contributed by atoms with van der Waals surface area (Å²) in [7, 11) is 1.95. The summed E-state index contributed by atoms with van der Waals surface area (Å²) in [6, 6.07) is 0.209. The molecule has 0 bridgehead atoms. The number of aliphatic imine (C=N–C) groups is 1. The number of likely N-dealkylation sites (tertiary alicyclic amines) is 1. The van der Waals surface area contributed by atoms with Crippen molar-refractivity contribution in [3.63, 3.8) is 0 Å². The highest BCUT2D eigenvalue weighted by Gasteiger charge is 2.66. The Labute approximate surface area is 164 Å². The maximum atomic E-state index is 12.5. The molecule has 0 radical (unpaired) electrons. The first-order chi connectivity index (χ1) is 12.6. The van der Waals surface area contributed by atoms with Crippen molar-refractivity contribution in [1.29, 1.82) is 0 Å². The van der Waals surface area contributed by atoms with Gasteiger partial charge in [0.2, 0.25) is 5.91 Å². The van der Waals surface area contributed by atoms with Crippen molar-refractivity contribution in [3.05, 3.63) is 11.1 Å². The molecular weight excluding hydrogens is 334 g/mol. The van der Waals surface area contributed by atoms with E-state index >= 15 is 0 Å². The van der Waals surface area contributed by atoms with Gasteiger partial charge in [-0.3, -0.25) is 9.79 Å². The Kier molecular flexibility index (Phi) is 4.20. The number of carbonyl (C=O) groups excluding carboxylic acids is 1. The molecule has 0 spiro atoms. The van der Waals surface area contributed by atoms with Gasteiger partial charge in [-0.1, -0.05) is 25.0 Å². The van der Waals surface area contributed by atoms with Crippen LogP contribution in [0.15, 0.2) is 16.1 Å². The fourth-order valence-corrected chi connectivity index (χ4v) is 7.87. The highest BCUT2D eigenvalue weighted by atomic mass is 16.2. The zero-order chi connectivity index (χ0) is 19.8. The molecule has 2 N–H and O–H groups in total. The number of rotatable bonds is 1. The first-order valence-corrected chi connectivity index (χ1v) is 10.8. The highest BCUT2D eigenvalue weighted by molar-refractivity contribution is 5.78. The van der Waals surface area contributed by atoms with Gasteiger partial charge in [-0.25, -0.2) is 0 Å². The van der Waals surface area contributed by atoms with E-state index in [4.69, 9.17) is 5.73 Å². The van der Waals surface area contributed by atoms with E-state index in [0.29, 0.717) is 24.2 Å². The molecule has 3 aliphatic carbocycles. The largest absolute Gasteiger partial charge is 0.324 e. The lowest BCUT2D eigenvalue weighted by molar-refractivity contribution is -0.182. The molecule has 4 nitrogen and oxygen atoms in total. The van der Waals surface area contributed by atoms with Crippen LogP contribution in [0.1, 0.15) is 72.6 Å². The van der Waals surface area contributed by atoms with Crippen LogP contribution in [-0.4, -0.2) is 36.3 Å². The zero-order valence-corrected chi connectivity index (χ0v) is 17.8. The minimum Gasteiger partial charge on any atom is -0.324 e. The zero-order valence-electron chi connectivity index (χ0n) is 17.8. The van der Waals surface area contributed by atoms with E-state index in [0.717, 1.165) is 19.3 Å².